The fraction of sp³-hybridized carbons (Fsp3) is 0.714. The van der Waals surface area contributed by atoms with Gasteiger partial charge in [-0.05, 0) is 13.3 Å². The van der Waals surface area contributed by atoms with E-state index in [1.165, 1.54) is 0 Å². The predicted molar refractivity (Wildman–Crippen MR) is 83.1 cm³/mol. The van der Waals surface area contributed by atoms with Crippen molar-refractivity contribution < 1.29 is 9.53 Å². The van der Waals surface area contributed by atoms with E-state index in [1.807, 2.05) is 11.5 Å². The summed E-state index contributed by atoms with van der Waals surface area (Å²) in [4.78, 5) is 15.9. The number of rotatable bonds is 10. The van der Waals surface area contributed by atoms with E-state index in [9.17, 15) is 4.79 Å². The molecule has 0 aliphatic heterocycles. The molecule has 0 aliphatic rings. The van der Waals surface area contributed by atoms with Crippen LogP contribution < -0.4 is 16.4 Å². The Bertz CT molecular complexity index is 421. The lowest BCUT2D eigenvalue weighted by Crippen LogP contribution is -2.35. The van der Waals surface area contributed by atoms with Crippen molar-refractivity contribution in [2.75, 3.05) is 25.6 Å². The molecule has 2 atom stereocenters. The van der Waals surface area contributed by atoms with Gasteiger partial charge in [-0.25, -0.2) is 4.98 Å². The first-order chi connectivity index (χ1) is 10.1. The van der Waals surface area contributed by atoms with Gasteiger partial charge >= 0.3 is 0 Å². The van der Waals surface area contributed by atoms with Gasteiger partial charge in [0.15, 0.2) is 5.82 Å². The molecule has 0 radical (unpaired) electrons. The maximum Gasteiger partial charge on any atom is 0.242 e. The molecule has 0 aromatic carbocycles. The number of carbonyl (C=O) groups excluding carboxylic acids is 1. The first-order valence-corrected chi connectivity index (χ1v) is 7.37. The lowest BCUT2D eigenvalue weighted by atomic mass is 10.2. The van der Waals surface area contributed by atoms with E-state index in [0.717, 1.165) is 19.5 Å². The highest BCUT2D eigenvalue weighted by molar-refractivity contribution is 5.93. The molecule has 1 aromatic heterocycles. The summed E-state index contributed by atoms with van der Waals surface area (Å²) in [6.07, 6.45) is 5.06. The Morgan fingerprint density at radius 2 is 2.33 bits per heavy atom. The third-order valence-corrected chi connectivity index (χ3v) is 3.10. The molecule has 1 amide bonds. The summed E-state index contributed by atoms with van der Waals surface area (Å²) in [5.74, 6) is 0.352. The van der Waals surface area contributed by atoms with Gasteiger partial charge in [-0.1, -0.05) is 13.3 Å². The van der Waals surface area contributed by atoms with Crippen LogP contribution >= 0.6 is 0 Å². The van der Waals surface area contributed by atoms with Crippen LogP contribution in [-0.2, 0) is 16.1 Å². The highest BCUT2D eigenvalue weighted by atomic mass is 16.5. The van der Waals surface area contributed by atoms with Crippen molar-refractivity contribution in [1.29, 1.82) is 0 Å². The fourth-order valence-corrected chi connectivity index (χ4v) is 1.96. The van der Waals surface area contributed by atoms with Crippen LogP contribution in [0.5, 0.6) is 0 Å². The number of amides is 1. The van der Waals surface area contributed by atoms with Gasteiger partial charge < -0.3 is 25.7 Å². The Balaban J connectivity index is 2.34. The van der Waals surface area contributed by atoms with E-state index in [-0.39, 0.29) is 5.91 Å². The van der Waals surface area contributed by atoms with Crippen molar-refractivity contribution in [2.24, 2.45) is 5.73 Å². The first kappa shape index (κ1) is 17.6. The molecule has 120 valence electrons. The molecule has 4 N–H and O–H groups in total. The molecule has 7 nitrogen and oxygen atoms in total. The molecule has 1 heterocycles. The number of nitrogens with one attached hydrogen (secondary N) is 2. The first-order valence-electron chi connectivity index (χ1n) is 7.37. The van der Waals surface area contributed by atoms with Crippen LogP contribution in [0.4, 0.5) is 5.82 Å². The minimum Gasteiger partial charge on any atom is -0.383 e. The Labute approximate surface area is 126 Å². The summed E-state index contributed by atoms with van der Waals surface area (Å²) in [5.41, 5.74) is 5.76. The highest BCUT2D eigenvalue weighted by Gasteiger charge is 2.13. The summed E-state index contributed by atoms with van der Waals surface area (Å²) in [6.45, 7) is 6.33. The normalized spacial score (nSPS) is 13.9. The van der Waals surface area contributed by atoms with Gasteiger partial charge in [-0.15, -0.1) is 0 Å². The molecule has 21 heavy (non-hydrogen) atoms. The topological polar surface area (TPSA) is 94.2 Å². The molecule has 0 saturated carbocycles. The van der Waals surface area contributed by atoms with Gasteiger partial charge in [-0.2, -0.15) is 0 Å². The van der Waals surface area contributed by atoms with E-state index in [4.69, 9.17) is 10.5 Å². The molecule has 1 aromatic rings. The van der Waals surface area contributed by atoms with Gasteiger partial charge in [0.2, 0.25) is 5.91 Å². The average Bonchev–Trinajstić information content (AvgIpc) is 2.87. The number of anilines is 1. The van der Waals surface area contributed by atoms with E-state index in [0.29, 0.717) is 24.9 Å². The van der Waals surface area contributed by atoms with Crippen molar-refractivity contribution in [3.05, 3.63) is 12.5 Å². The molecule has 0 aliphatic carbocycles. The quantitative estimate of drug-likeness (QED) is 0.587. The van der Waals surface area contributed by atoms with Gasteiger partial charge in [0, 0.05) is 32.4 Å². The third kappa shape index (κ3) is 6.70. The van der Waals surface area contributed by atoms with Crippen molar-refractivity contribution >= 4 is 11.7 Å². The smallest absolute Gasteiger partial charge is 0.242 e. The molecule has 0 bridgehead atoms. The van der Waals surface area contributed by atoms with E-state index in [1.54, 1.807) is 19.6 Å². The van der Waals surface area contributed by atoms with Crippen LogP contribution in [-0.4, -0.2) is 47.8 Å². The molecule has 0 saturated heterocycles. The fourth-order valence-electron chi connectivity index (χ4n) is 1.96. The Morgan fingerprint density at radius 1 is 1.57 bits per heavy atom. The number of nitrogens with two attached hydrogens (primary N) is 1. The van der Waals surface area contributed by atoms with E-state index in [2.05, 4.69) is 22.5 Å². The maximum absolute atomic E-state index is 11.8. The number of carbonyl (C=O) groups is 1. The molecule has 1 rings (SSSR count). The zero-order valence-electron chi connectivity index (χ0n) is 13.1. The SMILES string of the molecule is CCC[C@H](N)C(=O)Nc1cn(CCNC(C)COC)cn1. The number of aromatic nitrogens is 2. The standard InChI is InChI=1S/C14H27N5O2/c1-4-5-12(15)14(20)18-13-8-19(10-17-13)7-6-16-11(2)9-21-3/h8,10-12,16H,4-7,9,15H2,1-3H3,(H,18,20)/t11?,12-/m0/s1. The lowest BCUT2D eigenvalue weighted by molar-refractivity contribution is -0.117. The highest BCUT2D eigenvalue weighted by Crippen LogP contribution is 2.04. The summed E-state index contributed by atoms with van der Waals surface area (Å²) >= 11 is 0. The second-order valence-electron chi connectivity index (χ2n) is 5.19. The minimum absolute atomic E-state index is 0.186. The molecule has 0 spiro atoms. The van der Waals surface area contributed by atoms with Crippen LogP contribution in [0.3, 0.4) is 0 Å². The summed E-state index contributed by atoms with van der Waals surface area (Å²) < 4.78 is 6.98. The molecule has 0 fully saturated rings. The number of methoxy groups -OCH3 is 1. The molecule has 1 unspecified atom stereocenters. The summed E-state index contributed by atoms with van der Waals surface area (Å²) in [7, 11) is 1.69. The minimum atomic E-state index is -0.475. The third-order valence-electron chi connectivity index (χ3n) is 3.10. The molecule has 7 heteroatoms. The zero-order chi connectivity index (χ0) is 15.7. The van der Waals surface area contributed by atoms with Gasteiger partial charge in [-0.3, -0.25) is 4.79 Å². The lowest BCUT2D eigenvalue weighted by Gasteiger charge is -2.12. The second-order valence-corrected chi connectivity index (χ2v) is 5.19. The van der Waals surface area contributed by atoms with E-state index < -0.39 is 6.04 Å². The van der Waals surface area contributed by atoms with Crippen molar-refractivity contribution in [3.63, 3.8) is 0 Å². The van der Waals surface area contributed by atoms with Crippen molar-refractivity contribution in [1.82, 2.24) is 14.9 Å². The zero-order valence-corrected chi connectivity index (χ0v) is 13.1. The number of imidazole rings is 1. The van der Waals surface area contributed by atoms with Gasteiger partial charge in [0.1, 0.15) is 0 Å². The van der Waals surface area contributed by atoms with Crippen molar-refractivity contribution in [2.45, 2.75) is 45.3 Å². The van der Waals surface area contributed by atoms with Crippen LogP contribution in [0.15, 0.2) is 12.5 Å². The van der Waals surface area contributed by atoms with Crippen LogP contribution in [0.25, 0.3) is 0 Å². The molecular weight excluding hydrogens is 270 g/mol. The largest absolute Gasteiger partial charge is 0.383 e. The van der Waals surface area contributed by atoms with Crippen LogP contribution in [0, 0.1) is 0 Å². The van der Waals surface area contributed by atoms with Crippen LogP contribution in [0.2, 0.25) is 0 Å². The molecular formula is C14H27N5O2. The van der Waals surface area contributed by atoms with Gasteiger partial charge in [0.05, 0.1) is 19.0 Å². The van der Waals surface area contributed by atoms with Crippen molar-refractivity contribution in [3.8, 4) is 0 Å². The van der Waals surface area contributed by atoms with E-state index >= 15 is 0 Å². The maximum atomic E-state index is 11.8. The van der Waals surface area contributed by atoms with Crippen LogP contribution in [0.1, 0.15) is 26.7 Å². The van der Waals surface area contributed by atoms with Gasteiger partial charge in [0.25, 0.3) is 0 Å². The average molecular weight is 297 g/mol. The monoisotopic (exact) mass is 297 g/mol. The summed E-state index contributed by atoms with van der Waals surface area (Å²) in [5, 5.41) is 6.07. The Kier molecular flexibility index (Phi) is 7.96. The number of nitrogens with zero attached hydrogens (tertiary/aromatic N) is 2. The second kappa shape index (κ2) is 9.49. The summed E-state index contributed by atoms with van der Waals surface area (Å²) in [6, 6.07) is -0.165. The number of hydrogen-bond acceptors (Lipinski definition) is 5. The predicted octanol–water partition coefficient (Wildman–Crippen LogP) is 0.574. The number of hydrogen-bond donors (Lipinski definition) is 3. The Morgan fingerprint density at radius 3 is 3.00 bits per heavy atom. The Hall–Kier alpha value is -1.44. The number of ether oxygens (including phenoxy) is 1.